The molecule has 0 aliphatic heterocycles. The first-order valence-corrected chi connectivity index (χ1v) is 12.7. The van der Waals surface area contributed by atoms with Crippen molar-refractivity contribution in [2.75, 3.05) is 31.5 Å². The zero-order valence-corrected chi connectivity index (χ0v) is 23.9. The molecule has 11 nitrogen and oxygen atoms in total. The van der Waals surface area contributed by atoms with Gasteiger partial charge in [0.15, 0.2) is 17.3 Å². The Morgan fingerprint density at radius 2 is 1.70 bits per heavy atom. The lowest BCUT2D eigenvalue weighted by Gasteiger charge is -2.34. The van der Waals surface area contributed by atoms with Crippen molar-refractivity contribution in [2.24, 2.45) is 0 Å². The summed E-state index contributed by atoms with van der Waals surface area (Å²) in [6.45, 7) is 7.24. The molecule has 2 N–H and O–H groups in total. The molecule has 0 radical (unpaired) electrons. The fourth-order valence-electron chi connectivity index (χ4n) is 4.13. The molecular formula is C29H36N4O7. The maximum atomic E-state index is 14.0. The van der Waals surface area contributed by atoms with Crippen molar-refractivity contribution in [3.05, 3.63) is 59.9 Å². The molecule has 0 fully saturated rings. The van der Waals surface area contributed by atoms with E-state index in [-0.39, 0.29) is 18.7 Å². The maximum Gasteiger partial charge on any atom is 0.248 e. The van der Waals surface area contributed by atoms with Crippen molar-refractivity contribution in [3.63, 3.8) is 0 Å². The van der Waals surface area contributed by atoms with Gasteiger partial charge in [-0.15, -0.1) is 0 Å². The number of carbonyl (C=O) groups excluding carboxylic acids is 3. The van der Waals surface area contributed by atoms with Gasteiger partial charge in [-0.3, -0.25) is 19.3 Å². The molecule has 3 aromatic rings. The number of anilines is 2. The van der Waals surface area contributed by atoms with Crippen LogP contribution < -0.4 is 29.7 Å². The second kappa shape index (κ2) is 13.0. The third kappa shape index (κ3) is 7.52. The van der Waals surface area contributed by atoms with Gasteiger partial charge in [-0.1, -0.05) is 23.4 Å². The molecule has 0 bridgehead atoms. The van der Waals surface area contributed by atoms with E-state index in [1.165, 1.54) is 26.2 Å². The lowest BCUT2D eigenvalue weighted by atomic mass is 9.98. The Balaban J connectivity index is 2.08. The Bertz CT molecular complexity index is 1350. The Kier molecular flexibility index (Phi) is 9.76. The van der Waals surface area contributed by atoms with Crippen molar-refractivity contribution in [2.45, 2.75) is 52.1 Å². The van der Waals surface area contributed by atoms with Crippen molar-refractivity contribution in [3.8, 4) is 17.2 Å². The number of aryl methyl sites for hydroxylation is 1. The first-order valence-electron chi connectivity index (χ1n) is 12.7. The monoisotopic (exact) mass is 552 g/mol. The second-order valence-electron chi connectivity index (χ2n) is 10.1. The molecule has 0 saturated carbocycles. The number of methoxy groups -OCH3 is 3. The zero-order chi connectivity index (χ0) is 29.4. The molecule has 0 aliphatic carbocycles. The molecule has 11 heteroatoms. The Hall–Kier alpha value is -4.54. The molecule has 1 heterocycles. The maximum absolute atomic E-state index is 14.0. The van der Waals surface area contributed by atoms with E-state index in [4.69, 9.17) is 18.7 Å². The molecule has 1 aromatic heterocycles. The zero-order valence-electron chi connectivity index (χ0n) is 23.9. The molecule has 214 valence electrons. The van der Waals surface area contributed by atoms with E-state index < -0.39 is 29.3 Å². The van der Waals surface area contributed by atoms with Crippen molar-refractivity contribution in [1.82, 2.24) is 10.5 Å². The third-order valence-electron chi connectivity index (χ3n) is 5.79. The molecule has 0 unspecified atom stereocenters. The van der Waals surface area contributed by atoms with E-state index in [2.05, 4.69) is 15.8 Å². The van der Waals surface area contributed by atoms with Gasteiger partial charge in [0.25, 0.3) is 0 Å². The van der Waals surface area contributed by atoms with Crippen LogP contribution in [-0.2, 0) is 14.4 Å². The highest BCUT2D eigenvalue weighted by molar-refractivity contribution is 6.03. The SMILES string of the molecule is COc1cccc(N(C(=O)CCC(=O)Nc2cc(C)on2)[C@H](C(=O)NC(C)(C)C)c2cccc(OC)c2OC)c1. The number of hydrogen-bond donors (Lipinski definition) is 2. The fourth-order valence-corrected chi connectivity index (χ4v) is 4.13. The van der Waals surface area contributed by atoms with Gasteiger partial charge in [0.2, 0.25) is 17.7 Å². The molecule has 3 rings (SSSR count). The number of aromatic nitrogens is 1. The first kappa shape index (κ1) is 30.0. The molecule has 3 amide bonds. The number of nitrogens with one attached hydrogen (secondary N) is 2. The van der Waals surface area contributed by atoms with Crippen molar-refractivity contribution >= 4 is 29.2 Å². The van der Waals surface area contributed by atoms with Crippen LogP contribution in [-0.4, -0.2) is 49.7 Å². The summed E-state index contributed by atoms with van der Waals surface area (Å²) in [5.74, 6) is 0.631. The number of rotatable bonds is 11. The summed E-state index contributed by atoms with van der Waals surface area (Å²) in [6.07, 6.45) is -0.362. The minimum Gasteiger partial charge on any atom is -0.497 e. The Labute approximate surface area is 233 Å². The number of hydrogen-bond acceptors (Lipinski definition) is 8. The number of para-hydroxylation sites is 1. The summed E-state index contributed by atoms with van der Waals surface area (Å²) in [6, 6.07) is 12.3. The van der Waals surface area contributed by atoms with Crippen LogP contribution in [0.3, 0.4) is 0 Å². The van der Waals surface area contributed by atoms with Crippen LogP contribution in [0.4, 0.5) is 11.5 Å². The minimum absolute atomic E-state index is 0.159. The second-order valence-corrected chi connectivity index (χ2v) is 10.1. The van der Waals surface area contributed by atoms with E-state index >= 15 is 0 Å². The Morgan fingerprint density at radius 1 is 0.975 bits per heavy atom. The van der Waals surface area contributed by atoms with Crippen molar-refractivity contribution < 1.29 is 33.1 Å². The van der Waals surface area contributed by atoms with Crippen LogP contribution in [0.15, 0.2) is 53.1 Å². The van der Waals surface area contributed by atoms with Crippen LogP contribution in [0.2, 0.25) is 0 Å². The van der Waals surface area contributed by atoms with Gasteiger partial charge in [0.05, 0.1) is 21.3 Å². The van der Waals surface area contributed by atoms with Gasteiger partial charge >= 0.3 is 0 Å². The summed E-state index contributed by atoms with van der Waals surface area (Å²) < 4.78 is 21.5. The number of ether oxygens (including phenoxy) is 3. The van der Waals surface area contributed by atoms with Gasteiger partial charge in [-0.2, -0.15) is 0 Å². The topological polar surface area (TPSA) is 132 Å². The lowest BCUT2D eigenvalue weighted by molar-refractivity contribution is -0.128. The predicted octanol–water partition coefficient (Wildman–Crippen LogP) is 4.42. The number of benzene rings is 2. The van der Waals surface area contributed by atoms with Gasteiger partial charge in [-0.05, 0) is 45.9 Å². The molecule has 0 aliphatic rings. The standard InChI is InChI=1S/C29H36N4O7/c1-18-16-23(32-40-18)30-24(34)14-15-25(35)33(19-10-8-11-20(17-19)37-5)26(28(36)31-29(2,3)4)21-12-9-13-22(38-6)27(21)39-7/h8-13,16-17,26H,14-15H2,1-7H3,(H,31,36)(H,30,32,34)/t26-/m0/s1. The highest BCUT2D eigenvalue weighted by Crippen LogP contribution is 2.40. The molecule has 0 saturated heterocycles. The smallest absolute Gasteiger partial charge is 0.248 e. The quantitative estimate of drug-likeness (QED) is 0.357. The van der Waals surface area contributed by atoms with Gasteiger partial charge in [0.1, 0.15) is 17.6 Å². The highest BCUT2D eigenvalue weighted by Gasteiger charge is 2.37. The van der Waals surface area contributed by atoms with E-state index in [1.54, 1.807) is 55.5 Å². The summed E-state index contributed by atoms with van der Waals surface area (Å²) in [7, 11) is 4.47. The van der Waals surface area contributed by atoms with Gasteiger partial charge in [0, 0.05) is 41.8 Å². The van der Waals surface area contributed by atoms with Crippen LogP contribution in [0.25, 0.3) is 0 Å². The van der Waals surface area contributed by atoms with Crippen LogP contribution >= 0.6 is 0 Å². The normalized spacial score (nSPS) is 11.8. The highest BCUT2D eigenvalue weighted by atomic mass is 16.5. The lowest BCUT2D eigenvalue weighted by Crippen LogP contribution is -2.49. The number of amides is 3. The van der Waals surface area contributed by atoms with Crippen molar-refractivity contribution in [1.29, 1.82) is 0 Å². The Morgan fingerprint density at radius 3 is 2.30 bits per heavy atom. The first-order chi connectivity index (χ1) is 19.0. The predicted molar refractivity (Wildman–Crippen MR) is 150 cm³/mol. The summed E-state index contributed by atoms with van der Waals surface area (Å²) in [5.41, 5.74) is 0.193. The summed E-state index contributed by atoms with van der Waals surface area (Å²) in [4.78, 5) is 41.9. The largest absolute Gasteiger partial charge is 0.497 e. The van der Waals surface area contributed by atoms with E-state index in [0.717, 1.165) is 0 Å². The average Bonchev–Trinajstić information content (AvgIpc) is 3.32. The van der Waals surface area contributed by atoms with Crippen LogP contribution in [0, 0.1) is 6.92 Å². The van der Waals surface area contributed by atoms with Crippen LogP contribution in [0.5, 0.6) is 17.2 Å². The fraction of sp³-hybridized carbons (Fsp3) is 0.379. The molecule has 2 aromatic carbocycles. The van der Waals surface area contributed by atoms with Gasteiger partial charge < -0.3 is 29.4 Å². The summed E-state index contributed by atoms with van der Waals surface area (Å²) >= 11 is 0. The number of carbonyl (C=O) groups is 3. The van der Waals surface area contributed by atoms with E-state index in [9.17, 15) is 14.4 Å². The van der Waals surface area contributed by atoms with E-state index in [0.29, 0.717) is 34.3 Å². The molecule has 1 atom stereocenters. The van der Waals surface area contributed by atoms with E-state index in [1.807, 2.05) is 20.8 Å². The molecule has 40 heavy (non-hydrogen) atoms. The average molecular weight is 553 g/mol. The number of nitrogens with zero attached hydrogens (tertiary/aromatic N) is 2. The third-order valence-corrected chi connectivity index (χ3v) is 5.79. The van der Waals surface area contributed by atoms with Crippen LogP contribution in [0.1, 0.15) is 51.0 Å². The molecule has 0 spiro atoms. The minimum atomic E-state index is -1.18. The molecular weight excluding hydrogens is 516 g/mol. The van der Waals surface area contributed by atoms with Gasteiger partial charge in [-0.25, -0.2) is 0 Å². The summed E-state index contributed by atoms with van der Waals surface area (Å²) in [5, 5.41) is 9.34.